The number of aliphatic hydroxyl groups excluding tert-OH is 1. The van der Waals surface area contributed by atoms with Gasteiger partial charge in [-0.2, -0.15) is 0 Å². The van der Waals surface area contributed by atoms with Crippen molar-refractivity contribution in [2.24, 2.45) is 0 Å². The SMILES string of the molecule is O=C(O)c1cnc(N2CCC(O)CC2)c(Cl)c1. The zero-order valence-corrected chi connectivity index (χ0v) is 9.89. The molecule has 0 unspecified atom stereocenters. The van der Waals surface area contributed by atoms with Crippen LogP contribution in [-0.4, -0.2) is 40.4 Å². The van der Waals surface area contributed by atoms with Crippen LogP contribution in [0.2, 0.25) is 5.02 Å². The third kappa shape index (κ3) is 2.68. The molecule has 2 rings (SSSR count). The van der Waals surface area contributed by atoms with Crippen LogP contribution in [0, 0.1) is 0 Å². The fraction of sp³-hybridized carbons (Fsp3) is 0.455. The van der Waals surface area contributed by atoms with E-state index in [-0.39, 0.29) is 11.7 Å². The number of nitrogens with zero attached hydrogens (tertiary/aromatic N) is 2. The second-order valence-corrected chi connectivity index (χ2v) is 4.46. The number of rotatable bonds is 2. The van der Waals surface area contributed by atoms with Crippen molar-refractivity contribution < 1.29 is 15.0 Å². The molecule has 2 N–H and O–H groups in total. The van der Waals surface area contributed by atoms with Crippen molar-refractivity contribution in [3.8, 4) is 0 Å². The van der Waals surface area contributed by atoms with E-state index in [4.69, 9.17) is 16.7 Å². The molecule has 0 atom stereocenters. The zero-order valence-electron chi connectivity index (χ0n) is 9.14. The van der Waals surface area contributed by atoms with Gasteiger partial charge in [-0.1, -0.05) is 11.6 Å². The molecule has 0 radical (unpaired) electrons. The van der Waals surface area contributed by atoms with E-state index >= 15 is 0 Å². The number of hydrogen-bond donors (Lipinski definition) is 2. The van der Waals surface area contributed by atoms with E-state index in [9.17, 15) is 9.90 Å². The molecular weight excluding hydrogens is 244 g/mol. The lowest BCUT2D eigenvalue weighted by molar-refractivity contribution is 0.0696. The quantitative estimate of drug-likeness (QED) is 0.837. The van der Waals surface area contributed by atoms with Crippen LogP contribution in [0.15, 0.2) is 12.3 Å². The van der Waals surface area contributed by atoms with E-state index in [1.54, 1.807) is 0 Å². The topological polar surface area (TPSA) is 73.7 Å². The highest BCUT2D eigenvalue weighted by Gasteiger charge is 2.20. The summed E-state index contributed by atoms with van der Waals surface area (Å²) in [5.74, 6) is -0.455. The van der Waals surface area contributed by atoms with Crippen LogP contribution in [0.1, 0.15) is 23.2 Å². The summed E-state index contributed by atoms with van der Waals surface area (Å²) in [6.07, 6.45) is 2.40. The first-order valence-electron chi connectivity index (χ1n) is 5.40. The van der Waals surface area contributed by atoms with Gasteiger partial charge in [-0.25, -0.2) is 9.78 Å². The molecule has 1 aromatic rings. The number of carboxylic acid groups (broad SMARTS) is 1. The Kier molecular flexibility index (Phi) is 3.49. The average Bonchev–Trinajstić information content (AvgIpc) is 2.30. The van der Waals surface area contributed by atoms with Crippen LogP contribution < -0.4 is 4.90 Å². The van der Waals surface area contributed by atoms with Gasteiger partial charge in [0.05, 0.1) is 16.7 Å². The fourth-order valence-electron chi connectivity index (χ4n) is 1.86. The number of aliphatic hydroxyl groups is 1. The fourth-order valence-corrected chi connectivity index (χ4v) is 2.14. The van der Waals surface area contributed by atoms with Crippen molar-refractivity contribution in [3.63, 3.8) is 0 Å². The summed E-state index contributed by atoms with van der Waals surface area (Å²) in [6.45, 7) is 1.36. The predicted molar refractivity (Wildman–Crippen MR) is 63.7 cm³/mol. The normalized spacial score (nSPS) is 17.2. The summed E-state index contributed by atoms with van der Waals surface area (Å²) in [4.78, 5) is 16.8. The molecule has 0 spiro atoms. The first-order chi connectivity index (χ1) is 8.08. The standard InChI is InChI=1S/C11H13ClN2O3/c12-9-5-7(11(16)17)6-13-10(9)14-3-1-8(15)2-4-14/h5-6,8,15H,1-4H2,(H,16,17). The van der Waals surface area contributed by atoms with Crippen LogP contribution in [0.3, 0.4) is 0 Å². The van der Waals surface area contributed by atoms with Gasteiger partial charge in [0.15, 0.2) is 0 Å². The van der Waals surface area contributed by atoms with Crippen molar-refractivity contribution in [2.75, 3.05) is 18.0 Å². The molecule has 0 bridgehead atoms. The molecular formula is C11H13ClN2O3. The van der Waals surface area contributed by atoms with E-state index in [0.29, 0.717) is 36.8 Å². The Balaban J connectivity index is 2.19. The first-order valence-corrected chi connectivity index (χ1v) is 5.77. The zero-order chi connectivity index (χ0) is 12.4. The van der Waals surface area contributed by atoms with Gasteiger partial charge in [0.1, 0.15) is 5.82 Å². The molecule has 17 heavy (non-hydrogen) atoms. The molecule has 5 nitrogen and oxygen atoms in total. The van der Waals surface area contributed by atoms with Crippen molar-refractivity contribution in [3.05, 3.63) is 22.8 Å². The highest BCUT2D eigenvalue weighted by atomic mass is 35.5. The number of aromatic carboxylic acids is 1. The molecule has 1 fully saturated rings. The van der Waals surface area contributed by atoms with Crippen molar-refractivity contribution in [1.82, 2.24) is 4.98 Å². The lowest BCUT2D eigenvalue weighted by atomic mass is 10.1. The van der Waals surface area contributed by atoms with Crippen LogP contribution in [0.5, 0.6) is 0 Å². The Bertz CT molecular complexity index is 431. The van der Waals surface area contributed by atoms with E-state index in [0.717, 1.165) is 0 Å². The summed E-state index contributed by atoms with van der Waals surface area (Å²) >= 11 is 6.01. The average molecular weight is 257 g/mol. The molecule has 92 valence electrons. The second kappa shape index (κ2) is 4.89. The first kappa shape index (κ1) is 12.1. The van der Waals surface area contributed by atoms with Crippen molar-refractivity contribution in [1.29, 1.82) is 0 Å². The van der Waals surface area contributed by atoms with Crippen molar-refractivity contribution in [2.45, 2.75) is 18.9 Å². The molecule has 1 saturated heterocycles. The summed E-state index contributed by atoms with van der Waals surface area (Å²) < 4.78 is 0. The summed E-state index contributed by atoms with van der Waals surface area (Å²) in [6, 6.07) is 1.40. The lowest BCUT2D eigenvalue weighted by Crippen LogP contribution is -2.36. The largest absolute Gasteiger partial charge is 0.478 e. The van der Waals surface area contributed by atoms with Gasteiger partial charge in [-0.3, -0.25) is 0 Å². The summed E-state index contributed by atoms with van der Waals surface area (Å²) in [7, 11) is 0. The Morgan fingerprint density at radius 2 is 2.12 bits per heavy atom. The summed E-state index contributed by atoms with van der Waals surface area (Å²) in [5, 5.41) is 18.5. The van der Waals surface area contributed by atoms with E-state index in [2.05, 4.69) is 4.98 Å². The number of hydrogen-bond acceptors (Lipinski definition) is 4. The third-order valence-corrected chi connectivity index (χ3v) is 3.11. The monoisotopic (exact) mass is 256 g/mol. The second-order valence-electron chi connectivity index (χ2n) is 4.05. The van der Waals surface area contributed by atoms with E-state index < -0.39 is 5.97 Å². The minimum atomic E-state index is -1.04. The van der Waals surface area contributed by atoms with E-state index in [1.165, 1.54) is 12.3 Å². The maximum atomic E-state index is 10.7. The number of pyridine rings is 1. The smallest absolute Gasteiger partial charge is 0.337 e. The Morgan fingerprint density at radius 1 is 1.47 bits per heavy atom. The number of piperidine rings is 1. The predicted octanol–water partition coefficient (Wildman–Crippen LogP) is 1.39. The lowest BCUT2D eigenvalue weighted by Gasteiger charge is -2.31. The van der Waals surface area contributed by atoms with Gasteiger partial charge < -0.3 is 15.1 Å². The maximum absolute atomic E-state index is 10.7. The van der Waals surface area contributed by atoms with Gasteiger partial charge in [0.25, 0.3) is 0 Å². The number of anilines is 1. The molecule has 1 aliphatic heterocycles. The number of aromatic nitrogens is 1. The molecule has 6 heteroatoms. The minimum absolute atomic E-state index is 0.0794. The number of carbonyl (C=O) groups is 1. The van der Waals surface area contributed by atoms with Crippen LogP contribution >= 0.6 is 11.6 Å². The van der Waals surface area contributed by atoms with Gasteiger partial charge in [0.2, 0.25) is 0 Å². The Labute approximate surface area is 104 Å². The van der Waals surface area contributed by atoms with E-state index in [1.807, 2.05) is 4.90 Å². The molecule has 2 heterocycles. The highest BCUT2D eigenvalue weighted by Crippen LogP contribution is 2.26. The van der Waals surface area contributed by atoms with Crippen molar-refractivity contribution >= 4 is 23.4 Å². The number of carboxylic acids is 1. The Morgan fingerprint density at radius 3 is 2.65 bits per heavy atom. The van der Waals surface area contributed by atoms with Gasteiger partial charge in [-0.15, -0.1) is 0 Å². The molecule has 0 aliphatic carbocycles. The molecule has 0 aromatic carbocycles. The molecule has 1 aliphatic rings. The van der Waals surface area contributed by atoms with Crippen LogP contribution in [-0.2, 0) is 0 Å². The highest BCUT2D eigenvalue weighted by molar-refractivity contribution is 6.33. The third-order valence-electron chi connectivity index (χ3n) is 2.83. The minimum Gasteiger partial charge on any atom is -0.478 e. The van der Waals surface area contributed by atoms with Gasteiger partial charge in [-0.05, 0) is 18.9 Å². The number of halogens is 1. The Hall–Kier alpha value is -1.33. The molecule has 1 aromatic heterocycles. The van der Waals surface area contributed by atoms with Crippen LogP contribution in [0.4, 0.5) is 5.82 Å². The van der Waals surface area contributed by atoms with Crippen LogP contribution in [0.25, 0.3) is 0 Å². The summed E-state index contributed by atoms with van der Waals surface area (Å²) in [5.41, 5.74) is 0.0794. The molecule has 0 amide bonds. The maximum Gasteiger partial charge on any atom is 0.337 e. The van der Waals surface area contributed by atoms with Gasteiger partial charge in [0, 0.05) is 19.3 Å². The van der Waals surface area contributed by atoms with Gasteiger partial charge >= 0.3 is 5.97 Å². The molecule has 0 saturated carbocycles.